The zero-order valence-electron chi connectivity index (χ0n) is 6.36. The van der Waals surface area contributed by atoms with Gasteiger partial charge < -0.3 is 11.5 Å². The molecule has 0 aromatic heterocycles. The predicted molar refractivity (Wildman–Crippen MR) is 47.1 cm³/mol. The average molecular weight is 166 g/mol. The van der Waals surface area contributed by atoms with E-state index in [0.29, 0.717) is 11.4 Å². The van der Waals surface area contributed by atoms with Gasteiger partial charge >= 0.3 is 0 Å². The van der Waals surface area contributed by atoms with Crippen LogP contribution in [0.4, 0.5) is 11.4 Å². The fourth-order valence-electron chi connectivity index (χ4n) is 0.758. The van der Waals surface area contributed by atoms with Gasteiger partial charge in [0, 0.05) is 5.69 Å². The molecule has 12 heavy (non-hydrogen) atoms. The van der Waals surface area contributed by atoms with Crippen LogP contribution in [0.5, 0.6) is 0 Å². The van der Waals surface area contributed by atoms with E-state index in [-0.39, 0.29) is 5.96 Å². The van der Waals surface area contributed by atoms with Crippen LogP contribution in [-0.2, 0) is 0 Å². The zero-order valence-corrected chi connectivity index (χ0v) is 6.36. The van der Waals surface area contributed by atoms with Gasteiger partial charge in [-0.1, -0.05) is 6.07 Å². The maximum absolute atomic E-state index is 8.33. The Balaban J connectivity index is 2.89. The van der Waals surface area contributed by atoms with Gasteiger partial charge in [-0.25, -0.2) is 10.5 Å². The van der Waals surface area contributed by atoms with Crippen LogP contribution < -0.4 is 16.9 Å². The number of hydrogen-bond donors (Lipinski definition) is 4. The monoisotopic (exact) mass is 166 g/mol. The Morgan fingerprint density at radius 2 is 2.25 bits per heavy atom. The largest absolute Gasteiger partial charge is 0.399 e. The summed E-state index contributed by atoms with van der Waals surface area (Å²) in [5, 5.41) is 8.33. The zero-order chi connectivity index (χ0) is 8.97. The molecule has 5 heteroatoms. The van der Waals surface area contributed by atoms with E-state index in [1.54, 1.807) is 29.7 Å². The topological polar surface area (TPSA) is 96.7 Å². The summed E-state index contributed by atoms with van der Waals surface area (Å²) in [6.45, 7) is 0. The summed E-state index contributed by atoms with van der Waals surface area (Å²) in [6.07, 6.45) is 0. The summed E-state index contributed by atoms with van der Waals surface area (Å²) in [4.78, 5) is 3.79. The number of nitrogen functional groups attached to an aromatic ring is 1. The number of benzene rings is 1. The summed E-state index contributed by atoms with van der Waals surface area (Å²) in [5.74, 6) is -0.0689. The fraction of sp³-hybridized carbons (Fsp3) is 0. The minimum atomic E-state index is -0.0689. The SMILES string of the molecule is NC(=Nc1cccc(N)c1)NO. The first kappa shape index (κ1) is 8.35. The number of hydroxylamine groups is 1. The molecule has 64 valence electrons. The van der Waals surface area contributed by atoms with Crippen molar-refractivity contribution in [1.82, 2.24) is 5.48 Å². The van der Waals surface area contributed by atoms with E-state index < -0.39 is 0 Å². The van der Waals surface area contributed by atoms with Crippen molar-refractivity contribution in [2.24, 2.45) is 10.7 Å². The average Bonchev–Trinajstić information content (AvgIpc) is 2.04. The third kappa shape index (κ3) is 2.14. The molecule has 0 aliphatic heterocycles. The Bertz CT molecular complexity index is 297. The molecule has 0 aliphatic carbocycles. The Morgan fingerprint density at radius 3 is 2.83 bits per heavy atom. The summed E-state index contributed by atoms with van der Waals surface area (Å²) < 4.78 is 0. The Hall–Kier alpha value is -1.75. The fourth-order valence-corrected chi connectivity index (χ4v) is 0.758. The van der Waals surface area contributed by atoms with Crippen molar-refractivity contribution in [3.05, 3.63) is 24.3 Å². The number of guanidine groups is 1. The molecule has 0 radical (unpaired) electrons. The molecule has 1 aromatic carbocycles. The van der Waals surface area contributed by atoms with Crippen molar-refractivity contribution in [2.45, 2.75) is 0 Å². The van der Waals surface area contributed by atoms with Gasteiger partial charge in [0.15, 0.2) is 0 Å². The lowest BCUT2D eigenvalue weighted by Gasteiger charge is -1.98. The summed E-state index contributed by atoms with van der Waals surface area (Å²) in [5.41, 5.74) is 13.6. The second-order valence-corrected chi connectivity index (χ2v) is 2.20. The molecule has 1 rings (SSSR count). The molecule has 0 aliphatic rings. The standard InChI is InChI=1S/C7H10N4O/c8-5-2-1-3-6(4-5)10-7(9)11-12/h1-4,12H,8H2,(H3,9,10,11). The van der Waals surface area contributed by atoms with Gasteiger partial charge in [-0.05, 0) is 18.2 Å². The van der Waals surface area contributed by atoms with E-state index in [4.69, 9.17) is 16.7 Å². The normalized spacial score (nSPS) is 11.2. The first-order valence-electron chi connectivity index (χ1n) is 3.32. The minimum Gasteiger partial charge on any atom is -0.399 e. The molecule has 0 saturated heterocycles. The van der Waals surface area contributed by atoms with Crippen LogP contribution in [0.25, 0.3) is 0 Å². The van der Waals surface area contributed by atoms with Crippen molar-refractivity contribution in [1.29, 1.82) is 0 Å². The molecule has 0 atom stereocenters. The van der Waals surface area contributed by atoms with E-state index in [0.717, 1.165) is 0 Å². The van der Waals surface area contributed by atoms with Crippen LogP contribution in [-0.4, -0.2) is 11.2 Å². The highest BCUT2D eigenvalue weighted by Crippen LogP contribution is 2.14. The molecule has 0 spiro atoms. The summed E-state index contributed by atoms with van der Waals surface area (Å²) in [6, 6.07) is 6.85. The molecular weight excluding hydrogens is 156 g/mol. The number of hydrogen-bond acceptors (Lipinski definition) is 3. The van der Waals surface area contributed by atoms with Crippen LogP contribution in [0.15, 0.2) is 29.3 Å². The molecule has 1 aromatic rings. The second kappa shape index (κ2) is 3.59. The highest BCUT2D eigenvalue weighted by Gasteiger charge is 1.91. The molecule has 0 bridgehead atoms. The van der Waals surface area contributed by atoms with Crippen molar-refractivity contribution in [2.75, 3.05) is 5.73 Å². The van der Waals surface area contributed by atoms with E-state index in [2.05, 4.69) is 4.99 Å². The lowest BCUT2D eigenvalue weighted by atomic mass is 10.3. The molecular formula is C7H10N4O. The second-order valence-electron chi connectivity index (χ2n) is 2.20. The highest BCUT2D eigenvalue weighted by molar-refractivity contribution is 5.80. The number of rotatable bonds is 1. The number of nitrogens with one attached hydrogen (secondary N) is 1. The molecule has 5 nitrogen and oxygen atoms in total. The van der Waals surface area contributed by atoms with Gasteiger partial charge in [-0.2, -0.15) is 0 Å². The lowest BCUT2D eigenvalue weighted by molar-refractivity contribution is 0.233. The van der Waals surface area contributed by atoms with Crippen LogP contribution in [0.2, 0.25) is 0 Å². The van der Waals surface area contributed by atoms with Crippen LogP contribution in [0.3, 0.4) is 0 Å². The van der Waals surface area contributed by atoms with Gasteiger partial charge in [0.05, 0.1) is 5.69 Å². The molecule has 6 N–H and O–H groups in total. The maximum Gasteiger partial charge on any atom is 0.218 e. The van der Waals surface area contributed by atoms with Gasteiger partial charge in [0.1, 0.15) is 0 Å². The maximum atomic E-state index is 8.33. The van der Waals surface area contributed by atoms with E-state index in [1.165, 1.54) is 0 Å². The van der Waals surface area contributed by atoms with Gasteiger partial charge in [-0.3, -0.25) is 5.21 Å². The third-order valence-electron chi connectivity index (χ3n) is 1.23. The van der Waals surface area contributed by atoms with E-state index in [9.17, 15) is 0 Å². The molecule has 0 heterocycles. The highest BCUT2D eigenvalue weighted by atomic mass is 16.5. The number of nitrogens with two attached hydrogens (primary N) is 2. The molecule has 0 unspecified atom stereocenters. The minimum absolute atomic E-state index is 0.0689. The van der Waals surface area contributed by atoms with E-state index in [1.807, 2.05) is 0 Å². The van der Waals surface area contributed by atoms with Crippen LogP contribution in [0, 0.1) is 0 Å². The smallest absolute Gasteiger partial charge is 0.218 e. The third-order valence-corrected chi connectivity index (χ3v) is 1.23. The predicted octanol–water partition coefficient (Wildman–Crippen LogP) is 0.194. The number of nitrogens with zero attached hydrogens (tertiary/aromatic N) is 1. The number of anilines is 1. The number of aliphatic imine (C=N–C) groups is 1. The Morgan fingerprint density at radius 1 is 1.50 bits per heavy atom. The van der Waals surface area contributed by atoms with Crippen LogP contribution >= 0.6 is 0 Å². The van der Waals surface area contributed by atoms with E-state index >= 15 is 0 Å². The van der Waals surface area contributed by atoms with Gasteiger partial charge in [0.25, 0.3) is 0 Å². The van der Waals surface area contributed by atoms with Gasteiger partial charge in [-0.15, -0.1) is 0 Å². The first-order valence-corrected chi connectivity index (χ1v) is 3.32. The first-order chi connectivity index (χ1) is 5.72. The van der Waals surface area contributed by atoms with Crippen molar-refractivity contribution in [3.8, 4) is 0 Å². The summed E-state index contributed by atoms with van der Waals surface area (Å²) in [7, 11) is 0. The molecule has 0 fully saturated rings. The molecule has 0 saturated carbocycles. The Kier molecular flexibility index (Phi) is 2.49. The van der Waals surface area contributed by atoms with Crippen molar-refractivity contribution >= 4 is 17.3 Å². The Labute approximate surface area is 69.7 Å². The molecule has 0 amide bonds. The van der Waals surface area contributed by atoms with Crippen molar-refractivity contribution < 1.29 is 5.21 Å². The van der Waals surface area contributed by atoms with Gasteiger partial charge in [0.2, 0.25) is 5.96 Å². The van der Waals surface area contributed by atoms with Crippen LogP contribution in [0.1, 0.15) is 0 Å². The lowest BCUT2D eigenvalue weighted by Crippen LogP contribution is -2.27. The quantitative estimate of drug-likeness (QED) is 0.207. The van der Waals surface area contributed by atoms with Crippen molar-refractivity contribution in [3.63, 3.8) is 0 Å². The summed E-state index contributed by atoms with van der Waals surface area (Å²) >= 11 is 0.